The Morgan fingerprint density at radius 2 is 1.73 bits per heavy atom. The lowest BCUT2D eigenvalue weighted by atomic mass is 9.96. The Hall–Kier alpha value is -2.33. The van der Waals surface area contributed by atoms with Gasteiger partial charge in [-0.05, 0) is 63.1 Å². The van der Waals surface area contributed by atoms with Gasteiger partial charge in [-0.15, -0.1) is 0 Å². The van der Waals surface area contributed by atoms with E-state index in [-0.39, 0.29) is 17.7 Å². The topological polar surface area (TPSA) is 49.4 Å². The Balaban J connectivity index is 1.67. The van der Waals surface area contributed by atoms with Gasteiger partial charge in [-0.1, -0.05) is 28.8 Å². The largest absolute Gasteiger partial charge is 0.338 e. The standard InChI is InChI=1S/C21H23ClN2O2/c1-14-10-15(2)12-17(11-14)21(26)24-9-3-4-16(13-24)20(25)23-19-7-5-18(22)6-8-19/h5-8,10-12,16H,3-4,9,13H2,1-2H3,(H,23,25)/t16-/m0/s1. The van der Waals surface area contributed by atoms with Crippen LogP contribution in [0.5, 0.6) is 0 Å². The minimum absolute atomic E-state index is 0.000734. The van der Waals surface area contributed by atoms with Crippen LogP contribution >= 0.6 is 11.6 Å². The first-order valence-corrected chi connectivity index (χ1v) is 9.24. The van der Waals surface area contributed by atoms with Crippen molar-refractivity contribution in [3.8, 4) is 0 Å². The summed E-state index contributed by atoms with van der Waals surface area (Å²) in [4.78, 5) is 27.2. The van der Waals surface area contributed by atoms with Gasteiger partial charge in [0.1, 0.15) is 0 Å². The lowest BCUT2D eigenvalue weighted by molar-refractivity contribution is -0.121. The second kappa shape index (κ2) is 7.92. The van der Waals surface area contributed by atoms with E-state index in [9.17, 15) is 9.59 Å². The first-order valence-electron chi connectivity index (χ1n) is 8.86. The normalized spacial score (nSPS) is 17.0. The van der Waals surface area contributed by atoms with Crippen molar-refractivity contribution >= 4 is 29.1 Å². The van der Waals surface area contributed by atoms with Gasteiger partial charge in [0.2, 0.25) is 5.91 Å². The maximum atomic E-state index is 12.8. The lowest BCUT2D eigenvalue weighted by Crippen LogP contribution is -2.43. The van der Waals surface area contributed by atoms with Crippen LogP contribution in [0.3, 0.4) is 0 Å². The molecule has 1 N–H and O–H groups in total. The molecule has 0 bridgehead atoms. The molecule has 2 aromatic carbocycles. The average molecular weight is 371 g/mol. The van der Waals surface area contributed by atoms with Crippen molar-refractivity contribution in [3.05, 3.63) is 64.2 Å². The summed E-state index contributed by atoms with van der Waals surface area (Å²) in [6.07, 6.45) is 1.62. The molecule has 0 aliphatic carbocycles. The molecule has 2 amide bonds. The first kappa shape index (κ1) is 18.5. The molecule has 136 valence electrons. The van der Waals surface area contributed by atoms with Gasteiger partial charge in [0.15, 0.2) is 0 Å². The fraction of sp³-hybridized carbons (Fsp3) is 0.333. The Labute approximate surface area is 159 Å². The molecule has 0 unspecified atom stereocenters. The van der Waals surface area contributed by atoms with Crippen LogP contribution in [0.25, 0.3) is 0 Å². The Bertz CT molecular complexity index is 797. The number of carbonyl (C=O) groups excluding carboxylic acids is 2. The molecule has 0 saturated carbocycles. The van der Waals surface area contributed by atoms with Crippen molar-refractivity contribution in [1.29, 1.82) is 0 Å². The molecule has 0 aromatic heterocycles. The number of benzene rings is 2. The van der Waals surface area contributed by atoms with E-state index < -0.39 is 0 Å². The molecule has 1 saturated heterocycles. The van der Waals surface area contributed by atoms with Gasteiger partial charge in [0, 0.05) is 29.4 Å². The maximum Gasteiger partial charge on any atom is 0.253 e. The molecular weight excluding hydrogens is 348 g/mol. The van der Waals surface area contributed by atoms with Crippen LogP contribution in [-0.4, -0.2) is 29.8 Å². The van der Waals surface area contributed by atoms with E-state index in [1.165, 1.54) is 0 Å². The van der Waals surface area contributed by atoms with Crippen molar-refractivity contribution < 1.29 is 9.59 Å². The van der Waals surface area contributed by atoms with Gasteiger partial charge in [-0.3, -0.25) is 9.59 Å². The third-order valence-corrected chi connectivity index (χ3v) is 4.91. The van der Waals surface area contributed by atoms with Gasteiger partial charge < -0.3 is 10.2 Å². The average Bonchev–Trinajstić information content (AvgIpc) is 2.62. The fourth-order valence-corrected chi connectivity index (χ4v) is 3.56. The Morgan fingerprint density at radius 1 is 1.08 bits per heavy atom. The van der Waals surface area contributed by atoms with Gasteiger partial charge in [-0.25, -0.2) is 0 Å². The zero-order chi connectivity index (χ0) is 18.7. The number of carbonyl (C=O) groups is 2. The molecule has 2 aromatic rings. The number of likely N-dealkylation sites (tertiary alicyclic amines) is 1. The third-order valence-electron chi connectivity index (χ3n) is 4.66. The summed E-state index contributed by atoms with van der Waals surface area (Å²) >= 11 is 5.87. The van der Waals surface area contributed by atoms with Gasteiger partial charge in [-0.2, -0.15) is 0 Å². The molecule has 1 fully saturated rings. The van der Waals surface area contributed by atoms with Crippen LogP contribution in [0, 0.1) is 19.8 Å². The number of piperidine rings is 1. The van der Waals surface area contributed by atoms with Crippen LogP contribution in [0.4, 0.5) is 5.69 Å². The molecule has 0 spiro atoms. The smallest absolute Gasteiger partial charge is 0.253 e. The summed E-state index contributed by atoms with van der Waals surface area (Å²) in [6.45, 7) is 5.12. The second-order valence-electron chi connectivity index (χ2n) is 6.96. The number of anilines is 1. The van der Waals surface area contributed by atoms with Crippen LogP contribution in [0.2, 0.25) is 5.02 Å². The molecule has 1 heterocycles. The molecular formula is C21H23ClN2O2. The fourth-order valence-electron chi connectivity index (χ4n) is 3.43. The van der Waals surface area contributed by atoms with E-state index >= 15 is 0 Å². The minimum Gasteiger partial charge on any atom is -0.338 e. The van der Waals surface area contributed by atoms with E-state index in [0.29, 0.717) is 23.7 Å². The maximum absolute atomic E-state index is 12.8. The van der Waals surface area contributed by atoms with E-state index in [2.05, 4.69) is 11.4 Å². The van der Waals surface area contributed by atoms with Crippen molar-refractivity contribution in [1.82, 2.24) is 4.90 Å². The zero-order valence-electron chi connectivity index (χ0n) is 15.1. The second-order valence-corrected chi connectivity index (χ2v) is 7.40. The highest BCUT2D eigenvalue weighted by atomic mass is 35.5. The molecule has 0 radical (unpaired) electrons. The number of hydrogen-bond acceptors (Lipinski definition) is 2. The van der Waals surface area contributed by atoms with Crippen LogP contribution < -0.4 is 5.32 Å². The number of hydrogen-bond donors (Lipinski definition) is 1. The molecule has 1 atom stereocenters. The highest BCUT2D eigenvalue weighted by Crippen LogP contribution is 2.22. The van der Waals surface area contributed by atoms with E-state index in [1.54, 1.807) is 29.2 Å². The Morgan fingerprint density at radius 3 is 2.38 bits per heavy atom. The monoisotopic (exact) mass is 370 g/mol. The molecule has 3 rings (SSSR count). The zero-order valence-corrected chi connectivity index (χ0v) is 15.8. The molecule has 1 aliphatic rings. The van der Waals surface area contributed by atoms with Gasteiger partial charge >= 0.3 is 0 Å². The third kappa shape index (κ3) is 4.44. The van der Waals surface area contributed by atoms with Crippen LogP contribution in [-0.2, 0) is 4.79 Å². The highest BCUT2D eigenvalue weighted by Gasteiger charge is 2.29. The minimum atomic E-state index is -0.200. The highest BCUT2D eigenvalue weighted by molar-refractivity contribution is 6.30. The molecule has 4 nitrogen and oxygen atoms in total. The summed E-state index contributed by atoms with van der Waals surface area (Å²) in [7, 11) is 0. The summed E-state index contributed by atoms with van der Waals surface area (Å²) in [6, 6.07) is 12.9. The SMILES string of the molecule is Cc1cc(C)cc(C(=O)N2CCC[C@H](C(=O)Nc3ccc(Cl)cc3)C2)c1. The van der Waals surface area contributed by atoms with Gasteiger partial charge in [0.25, 0.3) is 5.91 Å². The Kier molecular flexibility index (Phi) is 5.62. The van der Waals surface area contributed by atoms with Crippen molar-refractivity contribution in [2.24, 2.45) is 5.92 Å². The first-order chi connectivity index (χ1) is 12.4. The van der Waals surface area contributed by atoms with Crippen LogP contribution in [0.1, 0.15) is 34.3 Å². The van der Waals surface area contributed by atoms with Crippen molar-refractivity contribution in [2.45, 2.75) is 26.7 Å². The number of aryl methyl sites for hydroxylation is 2. The predicted octanol–water partition coefficient (Wildman–Crippen LogP) is 4.45. The summed E-state index contributed by atoms with van der Waals surface area (Å²) in [5.74, 6) is -0.250. The summed E-state index contributed by atoms with van der Waals surface area (Å²) in [5.41, 5.74) is 3.56. The molecule has 5 heteroatoms. The molecule has 26 heavy (non-hydrogen) atoms. The van der Waals surface area contributed by atoms with Crippen molar-refractivity contribution in [2.75, 3.05) is 18.4 Å². The quantitative estimate of drug-likeness (QED) is 0.867. The van der Waals surface area contributed by atoms with Gasteiger partial charge in [0.05, 0.1) is 5.92 Å². The summed E-state index contributed by atoms with van der Waals surface area (Å²) in [5, 5.41) is 3.55. The number of amides is 2. The van der Waals surface area contributed by atoms with Crippen LogP contribution in [0.15, 0.2) is 42.5 Å². The number of halogens is 1. The van der Waals surface area contributed by atoms with Crippen molar-refractivity contribution in [3.63, 3.8) is 0 Å². The molecule has 1 aliphatic heterocycles. The van der Waals surface area contributed by atoms with E-state index in [4.69, 9.17) is 11.6 Å². The lowest BCUT2D eigenvalue weighted by Gasteiger charge is -2.32. The number of rotatable bonds is 3. The van der Waals surface area contributed by atoms with E-state index in [0.717, 1.165) is 29.7 Å². The summed E-state index contributed by atoms with van der Waals surface area (Å²) < 4.78 is 0. The number of nitrogens with zero attached hydrogens (tertiary/aromatic N) is 1. The van der Waals surface area contributed by atoms with E-state index in [1.807, 2.05) is 26.0 Å². The predicted molar refractivity (Wildman–Crippen MR) is 105 cm³/mol. The number of nitrogens with one attached hydrogen (secondary N) is 1.